The molecular formula is C9H11NO2. The van der Waals surface area contributed by atoms with E-state index in [9.17, 15) is 4.79 Å². The SMILES string of the molecule is Cc1cc2n(c1)CCC2C(=O)O. The van der Waals surface area contributed by atoms with Crippen molar-refractivity contribution in [1.82, 2.24) is 4.57 Å². The van der Waals surface area contributed by atoms with Gasteiger partial charge in [0.1, 0.15) is 0 Å². The topological polar surface area (TPSA) is 42.2 Å². The number of fused-ring (bicyclic) bond motifs is 1. The van der Waals surface area contributed by atoms with Crippen LogP contribution in [0.4, 0.5) is 0 Å². The van der Waals surface area contributed by atoms with Gasteiger partial charge in [-0.05, 0) is 25.0 Å². The van der Waals surface area contributed by atoms with E-state index in [4.69, 9.17) is 5.11 Å². The molecule has 12 heavy (non-hydrogen) atoms. The van der Waals surface area contributed by atoms with Crippen molar-refractivity contribution in [2.75, 3.05) is 0 Å². The summed E-state index contributed by atoms with van der Waals surface area (Å²) in [4.78, 5) is 10.8. The zero-order valence-corrected chi connectivity index (χ0v) is 6.95. The molecule has 0 amide bonds. The molecule has 1 aliphatic heterocycles. The van der Waals surface area contributed by atoms with Crippen LogP contribution in [0.2, 0.25) is 0 Å². The molecular weight excluding hydrogens is 154 g/mol. The lowest BCUT2D eigenvalue weighted by Crippen LogP contribution is -2.07. The predicted molar refractivity (Wildman–Crippen MR) is 44.2 cm³/mol. The summed E-state index contributed by atoms with van der Waals surface area (Å²) in [6.45, 7) is 2.84. The van der Waals surface area contributed by atoms with Gasteiger partial charge >= 0.3 is 5.97 Å². The van der Waals surface area contributed by atoms with E-state index in [0.717, 1.165) is 24.2 Å². The maximum Gasteiger partial charge on any atom is 0.312 e. The third-order valence-electron chi connectivity index (χ3n) is 2.38. The second-order valence-corrected chi connectivity index (χ2v) is 3.32. The lowest BCUT2D eigenvalue weighted by molar-refractivity contribution is -0.138. The maximum absolute atomic E-state index is 10.8. The van der Waals surface area contributed by atoms with E-state index in [1.165, 1.54) is 0 Å². The lowest BCUT2D eigenvalue weighted by atomic mass is 10.1. The van der Waals surface area contributed by atoms with Crippen LogP contribution in [-0.4, -0.2) is 15.6 Å². The molecule has 0 radical (unpaired) electrons. The summed E-state index contributed by atoms with van der Waals surface area (Å²) in [5.41, 5.74) is 2.11. The minimum Gasteiger partial charge on any atom is -0.481 e. The van der Waals surface area contributed by atoms with E-state index in [1.807, 2.05) is 23.8 Å². The number of aliphatic carboxylic acids is 1. The Morgan fingerprint density at radius 1 is 1.75 bits per heavy atom. The Kier molecular flexibility index (Phi) is 1.46. The Bertz CT molecular complexity index is 327. The Morgan fingerprint density at radius 3 is 3.17 bits per heavy atom. The Labute approximate surface area is 70.6 Å². The highest BCUT2D eigenvalue weighted by molar-refractivity contribution is 5.76. The monoisotopic (exact) mass is 165 g/mol. The van der Waals surface area contributed by atoms with Crippen molar-refractivity contribution in [2.24, 2.45) is 0 Å². The molecule has 0 aromatic carbocycles. The van der Waals surface area contributed by atoms with Crippen LogP contribution in [0.15, 0.2) is 12.3 Å². The van der Waals surface area contributed by atoms with Gasteiger partial charge in [-0.3, -0.25) is 4.79 Å². The first kappa shape index (κ1) is 7.40. The number of hydrogen-bond donors (Lipinski definition) is 1. The molecule has 1 aliphatic rings. The molecule has 0 bridgehead atoms. The van der Waals surface area contributed by atoms with Gasteiger partial charge in [0.2, 0.25) is 0 Å². The first-order chi connectivity index (χ1) is 5.68. The number of carboxylic acid groups (broad SMARTS) is 1. The summed E-state index contributed by atoms with van der Waals surface area (Å²) in [5.74, 6) is -0.981. The summed E-state index contributed by atoms with van der Waals surface area (Å²) in [5, 5.41) is 8.86. The van der Waals surface area contributed by atoms with Crippen LogP contribution in [0.25, 0.3) is 0 Å². The highest BCUT2D eigenvalue weighted by Crippen LogP contribution is 2.29. The van der Waals surface area contributed by atoms with Crippen molar-refractivity contribution < 1.29 is 9.90 Å². The molecule has 0 fully saturated rings. The van der Waals surface area contributed by atoms with Gasteiger partial charge in [0, 0.05) is 18.4 Å². The Hall–Kier alpha value is -1.25. The number of nitrogens with zero attached hydrogens (tertiary/aromatic N) is 1. The summed E-state index contributed by atoms with van der Waals surface area (Å²) in [6.07, 6.45) is 2.75. The second-order valence-electron chi connectivity index (χ2n) is 3.32. The van der Waals surface area contributed by atoms with Crippen molar-refractivity contribution in [2.45, 2.75) is 25.8 Å². The second kappa shape index (κ2) is 2.37. The maximum atomic E-state index is 10.8. The average Bonchev–Trinajstić information content (AvgIpc) is 2.43. The highest BCUT2D eigenvalue weighted by atomic mass is 16.4. The fourth-order valence-corrected chi connectivity index (χ4v) is 1.83. The third kappa shape index (κ3) is 0.932. The molecule has 2 rings (SSSR count). The van der Waals surface area contributed by atoms with Crippen LogP contribution < -0.4 is 0 Å². The van der Waals surface area contributed by atoms with Crippen molar-refractivity contribution in [3.8, 4) is 0 Å². The van der Waals surface area contributed by atoms with Gasteiger partial charge in [-0.25, -0.2) is 0 Å². The van der Waals surface area contributed by atoms with Crippen molar-refractivity contribution in [3.05, 3.63) is 23.5 Å². The van der Waals surface area contributed by atoms with Crippen LogP contribution in [0.1, 0.15) is 23.6 Å². The molecule has 1 aromatic heterocycles. The molecule has 64 valence electrons. The van der Waals surface area contributed by atoms with Crippen LogP contribution in [0.5, 0.6) is 0 Å². The smallest absolute Gasteiger partial charge is 0.312 e. The van der Waals surface area contributed by atoms with E-state index < -0.39 is 5.97 Å². The number of aryl methyl sites for hydroxylation is 2. The molecule has 1 unspecified atom stereocenters. The fraction of sp³-hybridized carbons (Fsp3) is 0.444. The highest BCUT2D eigenvalue weighted by Gasteiger charge is 2.28. The van der Waals surface area contributed by atoms with E-state index in [0.29, 0.717) is 0 Å². The summed E-state index contributed by atoms with van der Waals surface area (Å²) in [7, 11) is 0. The largest absolute Gasteiger partial charge is 0.481 e. The number of carboxylic acids is 1. The quantitative estimate of drug-likeness (QED) is 0.682. The number of hydrogen-bond acceptors (Lipinski definition) is 1. The minimum atomic E-state index is -0.702. The van der Waals surface area contributed by atoms with E-state index in [1.54, 1.807) is 0 Å². The summed E-state index contributed by atoms with van der Waals surface area (Å²) < 4.78 is 2.04. The average molecular weight is 165 g/mol. The minimum absolute atomic E-state index is 0.279. The predicted octanol–water partition coefficient (Wildman–Crippen LogP) is 1.37. The first-order valence-electron chi connectivity index (χ1n) is 4.08. The van der Waals surface area contributed by atoms with Crippen molar-refractivity contribution in [3.63, 3.8) is 0 Å². The molecule has 0 aliphatic carbocycles. The summed E-state index contributed by atoms with van der Waals surface area (Å²) in [6, 6.07) is 1.96. The molecule has 0 spiro atoms. The Morgan fingerprint density at radius 2 is 2.50 bits per heavy atom. The molecule has 0 saturated heterocycles. The zero-order valence-electron chi connectivity index (χ0n) is 6.95. The molecule has 1 N–H and O–H groups in total. The normalized spacial score (nSPS) is 20.9. The molecule has 0 saturated carbocycles. The molecule has 2 heterocycles. The van der Waals surface area contributed by atoms with Gasteiger partial charge in [-0.1, -0.05) is 0 Å². The zero-order chi connectivity index (χ0) is 8.72. The number of aromatic nitrogens is 1. The fourth-order valence-electron chi connectivity index (χ4n) is 1.83. The van der Waals surface area contributed by atoms with Crippen LogP contribution in [-0.2, 0) is 11.3 Å². The van der Waals surface area contributed by atoms with Crippen molar-refractivity contribution >= 4 is 5.97 Å². The van der Waals surface area contributed by atoms with E-state index in [2.05, 4.69) is 0 Å². The molecule has 3 nitrogen and oxygen atoms in total. The first-order valence-corrected chi connectivity index (χ1v) is 4.08. The van der Waals surface area contributed by atoms with Gasteiger partial charge < -0.3 is 9.67 Å². The van der Waals surface area contributed by atoms with Crippen LogP contribution in [0.3, 0.4) is 0 Å². The number of carbonyl (C=O) groups is 1. The van der Waals surface area contributed by atoms with E-state index in [-0.39, 0.29) is 5.92 Å². The van der Waals surface area contributed by atoms with Gasteiger partial charge in [0.25, 0.3) is 0 Å². The summed E-state index contributed by atoms with van der Waals surface area (Å²) >= 11 is 0. The van der Waals surface area contributed by atoms with Crippen molar-refractivity contribution in [1.29, 1.82) is 0 Å². The molecule has 1 atom stereocenters. The van der Waals surface area contributed by atoms with Gasteiger partial charge in [-0.2, -0.15) is 0 Å². The van der Waals surface area contributed by atoms with Gasteiger partial charge in [0.05, 0.1) is 5.92 Å². The van der Waals surface area contributed by atoms with E-state index >= 15 is 0 Å². The van der Waals surface area contributed by atoms with Crippen LogP contribution >= 0.6 is 0 Å². The molecule has 3 heteroatoms. The lowest BCUT2D eigenvalue weighted by Gasteiger charge is -2.00. The van der Waals surface area contributed by atoms with Gasteiger partial charge in [-0.15, -0.1) is 0 Å². The number of rotatable bonds is 1. The Balaban J connectivity index is 2.41. The molecule has 1 aromatic rings. The van der Waals surface area contributed by atoms with Gasteiger partial charge in [0.15, 0.2) is 0 Å². The standard InChI is InChI=1S/C9H11NO2/c1-6-4-8-7(9(11)12)2-3-10(8)5-6/h4-5,7H,2-3H2,1H3,(H,11,12). The third-order valence-corrected chi connectivity index (χ3v) is 2.38. The van der Waals surface area contributed by atoms with Crippen LogP contribution in [0, 0.1) is 6.92 Å².